The van der Waals surface area contributed by atoms with E-state index in [4.69, 9.17) is 5.73 Å². The highest BCUT2D eigenvalue weighted by atomic mass is 19.1. The first kappa shape index (κ1) is 12.5. The highest BCUT2D eigenvalue weighted by Crippen LogP contribution is 2.24. The molecule has 1 rings (SSSR count). The molecule has 1 aromatic rings. The molecule has 0 atom stereocenters. The summed E-state index contributed by atoms with van der Waals surface area (Å²) in [5.74, 6) is -1.83. The van der Waals surface area contributed by atoms with E-state index in [1.807, 2.05) is 0 Å². The molecule has 88 valence electrons. The van der Waals surface area contributed by atoms with E-state index >= 15 is 0 Å². The van der Waals surface area contributed by atoms with Crippen LogP contribution >= 0.6 is 0 Å². The van der Waals surface area contributed by atoms with Gasteiger partial charge in [0.15, 0.2) is 0 Å². The number of nitrogens with two attached hydrogens (primary N) is 1. The van der Waals surface area contributed by atoms with Gasteiger partial charge in [-0.05, 0) is 31.9 Å². The molecule has 4 nitrogen and oxygen atoms in total. The second kappa shape index (κ2) is 5.50. The molecule has 0 amide bonds. The van der Waals surface area contributed by atoms with E-state index in [2.05, 4.69) is 0 Å². The van der Waals surface area contributed by atoms with Crippen molar-refractivity contribution in [2.75, 3.05) is 6.54 Å². The van der Waals surface area contributed by atoms with Crippen molar-refractivity contribution in [2.45, 2.75) is 19.3 Å². The van der Waals surface area contributed by atoms with Crippen LogP contribution in [0.1, 0.15) is 18.4 Å². The zero-order chi connectivity index (χ0) is 12.1. The van der Waals surface area contributed by atoms with E-state index < -0.39 is 22.2 Å². The average molecular weight is 230 g/mol. The van der Waals surface area contributed by atoms with Crippen LogP contribution in [-0.2, 0) is 6.42 Å². The smallest absolute Gasteiger partial charge is 0.305 e. The Labute approximate surface area is 91.2 Å². The molecule has 0 unspecified atom stereocenters. The topological polar surface area (TPSA) is 69.2 Å². The van der Waals surface area contributed by atoms with Crippen LogP contribution in [0.3, 0.4) is 0 Å². The van der Waals surface area contributed by atoms with Crippen molar-refractivity contribution < 1.29 is 13.7 Å². The Balaban J connectivity index is 2.97. The van der Waals surface area contributed by atoms with Gasteiger partial charge in [-0.25, -0.2) is 4.39 Å². The molecule has 0 aliphatic rings. The van der Waals surface area contributed by atoms with Crippen LogP contribution in [0.15, 0.2) is 12.1 Å². The Morgan fingerprint density at radius 3 is 2.56 bits per heavy atom. The number of nitrogens with zero attached hydrogens (tertiary/aromatic N) is 1. The molecule has 0 saturated heterocycles. The monoisotopic (exact) mass is 230 g/mol. The van der Waals surface area contributed by atoms with Gasteiger partial charge >= 0.3 is 5.69 Å². The fraction of sp³-hybridized carbons (Fsp3) is 0.400. The molecule has 0 aliphatic heterocycles. The van der Waals surface area contributed by atoms with Gasteiger partial charge in [0.25, 0.3) is 0 Å². The Kier molecular flexibility index (Phi) is 4.30. The van der Waals surface area contributed by atoms with E-state index in [0.29, 0.717) is 19.4 Å². The number of halogens is 2. The van der Waals surface area contributed by atoms with Gasteiger partial charge in [-0.2, -0.15) is 4.39 Å². The summed E-state index contributed by atoms with van der Waals surface area (Å²) in [6.07, 6.45) is 1.25. The van der Waals surface area contributed by atoms with Crippen molar-refractivity contribution in [1.82, 2.24) is 0 Å². The third-order valence-corrected chi connectivity index (χ3v) is 2.24. The van der Waals surface area contributed by atoms with E-state index in [0.717, 1.165) is 12.1 Å². The maximum absolute atomic E-state index is 13.5. The summed E-state index contributed by atoms with van der Waals surface area (Å²) in [6, 6.07) is 1.75. The number of hydrogen-bond acceptors (Lipinski definition) is 3. The minimum absolute atomic E-state index is 0.122. The average Bonchev–Trinajstić information content (AvgIpc) is 2.22. The summed E-state index contributed by atoms with van der Waals surface area (Å²) in [7, 11) is 0. The lowest BCUT2D eigenvalue weighted by atomic mass is 10.1. The first-order chi connectivity index (χ1) is 7.57. The Bertz CT molecular complexity index is 397. The van der Waals surface area contributed by atoms with Crippen LogP contribution in [0.2, 0.25) is 0 Å². The second-order valence-electron chi connectivity index (χ2n) is 3.36. The van der Waals surface area contributed by atoms with Crippen molar-refractivity contribution in [1.29, 1.82) is 0 Å². The van der Waals surface area contributed by atoms with Crippen molar-refractivity contribution in [2.24, 2.45) is 5.73 Å². The number of nitro benzene ring substituents is 1. The molecule has 0 bridgehead atoms. The summed E-state index contributed by atoms with van der Waals surface area (Å²) >= 11 is 0. The van der Waals surface area contributed by atoms with Gasteiger partial charge in [0.2, 0.25) is 5.82 Å². The van der Waals surface area contributed by atoms with Gasteiger partial charge in [0.05, 0.1) is 4.92 Å². The first-order valence-electron chi connectivity index (χ1n) is 4.89. The van der Waals surface area contributed by atoms with Crippen molar-refractivity contribution in [3.8, 4) is 0 Å². The molecule has 0 spiro atoms. The van der Waals surface area contributed by atoms with Gasteiger partial charge < -0.3 is 5.73 Å². The summed E-state index contributed by atoms with van der Waals surface area (Å²) in [5.41, 5.74) is 4.33. The van der Waals surface area contributed by atoms with E-state index in [1.54, 1.807) is 0 Å². The SMILES string of the molecule is NCCCCc1c(F)ccc([N+](=O)[O-])c1F. The maximum Gasteiger partial charge on any atom is 0.305 e. The molecule has 0 radical (unpaired) electrons. The third kappa shape index (κ3) is 2.73. The summed E-state index contributed by atoms with van der Waals surface area (Å²) in [6.45, 7) is 0.429. The van der Waals surface area contributed by atoms with Crippen molar-refractivity contribution >= 4 is 5.69 Å². The molecule has 16 heavy (non-hydrogen) atoms. The zero-order valence-electron chi connectivity index (χ0n) is 8.58. The third-order valence-electron chi connectivity index (χ3n) is 2.24. The second-order valence-corrected chi connectivity index (χ2v) is 3.36. The lowest BCUT2D eigenvalue weighted by Crippen LogP contribution is -2.03. The molecule has 2 N–H and O–H groups in total. The van der Waals surface area contributed by atoms with Gasteiger partial charge in [-0.15, -0.1) is 0 Å². The molecule has 0 heterocycles. The predicted octanol–water partition coefficient (Wildman–Crippen LogP) is 2.15. The number of rotatable bonds is 5. The number of benzene rings is 1. The van der Waals surface area contributed by atoms with Crippen LogP contribution in [-0.4, -0.2) is 11.5 Å². The molecule has 6 heteroatoms. The van der Waals surface area contributed by atoms with Crippen LogP contribution in [0.5, 0.6) is 0 Å². The maximum atomic E-state index is 13.5. The minimum Gasteiger partial charge on any atom is -0.330 e. The number of unbranched alkanes of at least 4 members (excludes halogenated alkanes) is 1. The summed E-state index contributed by atoms with van der Waals surface area (Å²) < 4.78 is 26.7. The molecular formula is C10H12F2N2O2. The Hall–Kier alpha value is -1.56. The van der Waals surface area contributed by atoms with Crippen LogP contribution in [0, 0.1) is 21.7 Å². The standard InChI is InChI=1S/C10H12F2N2O2/c11-8-4-5-9(14(15)16)10(12)7(8)3-1-2-6-13/h4-5H,1-3,6,13H2. The number of nitro groups is 1. The molecule has 0 aliphatic carbocycles. The highest BCUT2D eigenvalue weighted by Gasteiger charge is 2.20. The van der Waals surface area contributed by atoms with Crippen LogP contribution in [0.4, 0.5) is 14.5 Å². The lowest BCUT2D eigenvalue weighted by Gasteiger charge is -2.04. The van der Waals surface area contributed by atoms with Gasteiger partial charge in [0, 0.05) is 11.6 Å². The van der Waals surface area contributed by atoms with Gasteiger partial charge in [0.1, 0.15) is 5.82 Å². The van der Waals surface area contributed by atoms with E-state index in [-0.39, 0.29) is 12.0 Å². The lowest BCUT2D eigenvalue weighted by molar-refractivity contribution is -0.387. The number of hydrogen-bond donors (Lipinski definition) is 1. The summed E-state index contributed by atoms with van der Waals surface area (Å²) in [4.78, 5) is 9.58. The van der Waals surface area contributed by atoms with Crippen molar-refractivity contribution in [3.63, 3.8) is 0 Å². The normalized spacial score (nSPS) is 10.4. The zero-order valence-corrected chi connectivity index (χ0v) is 8.58. The predicted molar refractivity (Wildman–Crippen MR) is 55.0 cm³/mol. The van der Waals surface area contributed by atoms with Crippen LogP contribution < -0.4 is 5.73 Å². The fourth-order valence-corrected chi connectivity index (χ4v) is 1.40. The molecular weight excluding hydrogens is 218 g/mol. The molecule has 0 saturated carbocycles. The largest absolute Gasteiger partial charge is 0.330 e. The highest BCUT2D eigenvalue weighted by molar-refractivity contribution is 5.37. The molecule has 0 aromatic heterocycles. The van der Waals surface area contributed by atoms with E-state index in [9.17, 15) is 18.9 Å². The molecule has 1 aromatic carbocycles. The first-order valence-corrected chi connectivity index (χ1v) is 4.89. The Morgan fingerprint density at radius 2 is 2.00 bits per heavy atom. The quantitative estimate of drug-likeness (QED) is 0.478. The van der Waals surface area contributed by atoms with Gasteiger partial charge in [-0.1, -0.05) is 0 Å². The van der Waals surface area contributed by atoms with Crippen LogP contribution in [0.25, 0.3) is 0 Å². The van der Waals surface area contributed by atoms with Gasteiger partial charge in [-0.3, -0.25) is 10.1 Å². The molecule has 0 fully saturated rings. The fourth-order valence-electron chi connectivity index (χ4n) is 1.40. The van der Waals surface area contributed by atoms with E-state index in [1.165, 1.54) is 0 Å². The van der Waals surface area contributed by atoms with Crippen molar-refractivity contribution in [3.05, 3.63) is 39.4 Å². The summed E-state index contributed by atoms with van der Waals surface area (Å²) in [5, 5.41) is 10.4. The Morgan fingerprint density at radius 1 is 1.31 bits per heavy atom. The minimum atomic E-state index is -1.08.